The van der Waals surface area contributed by atoms with Gasteiger partial charge in [-0.15, -0.1) is 0 Å². The normalized spacial score (nSPS) is 20.3. The van der Waals surface area contributed by atoms with Gasteiger partial charge < -0.3 is 10.8 Å². The molecule has 0 spiro atoms. The van der Waals surface area contributed by atoms with Gasteiger partial charge in [0.25, 0.3) is 0 Å². The lowest BCUT2D eigenvalue weighted by atomic mass is 9.72. The molecule has 2 rings (SSSR count). The summed E-state index contributed by atoms with van der Waals surface area (Å²) in [6.45, 7) is 0. The van der Waals surface area contributed by atoms with Crippen LogP contribution in [-0.2, 0) is 11.2 Å². The summed E-state index contributed by atoms with van der Waals surface area (Å²) >= 11 is 0. The molecule has 1 aromatic rings. The number of nitrogens with two attached hydrogens (primary N) is 1. The van der Waals surface area contributed by atoms with Crippen molar-refractivity contribution in [2.45, 2.75) is 44.1 Å². The van der Waals surface area contributed by atoms with E-state index in [1.165, 1.54) is 6.42 Å². The molecule has 0 unspecified atom stereocenters. The van der Waals surface area contributed by atoms with Gasteiger partial charge in [0.1, 0.15) is 5.54 Å². The lowest BCUT2D eigenvalue weighted by Crippen LogP contribution is -2.56. The van der Waals surface area contributed by atoms with E-state index in [0.717, 1.165) is 31.2 Å². The Kier molecular flexibility index (Phi) is 4.02. The molecule has 1 aliphatic rings. The van der Waals surface area contributed by atoms with Crippen LogP contribution in [0.25, 0.3) is 0 Å². The number of carboxylic acids is 1. The average Bonchev–Trinajstić information content (AvgIpc) is 2.40. The SMILES string of the molecule is N[C@@](Cc1ccccc1)(C(=O)O)C1CCCCC1. The summed E-state index contributed by atoms with van der Waals surface area (Å²) in [6.07, 6.45) is 5.72. The fraction of sp³-hybridized carbons (Fsp3) is 0.533. The van der Waals surface area contributed by atoms with E-state index in [9.17, 15) is 9.90 Å². The molecular formula is C15H21NO2. The Hall–Kier alpha value is -1.35. The number of rotatable bonds is 4. The zero-order valence-electron chi connectivity index (χ0n) is 10.6. The molecule has 1 saturated carbocycles. The predicted molar refractivity (Wildman–Crippen MR) is 71.3 cm³/mol. The van der Waals surface area contributed by atoms with Crippen LogP contribution in [-0.4, -0.2) is 16.6 Å². The van der Waals surface area contributed by atoms with Crippen LogP contribution in [0.1, 0.15) is 37.7 Å². The topological polar surface area (TPSA) is 63.3 Å². The second-order valence-corrected chi connectivity index (χ2v) is 5.34. The standard InChI is InChI=1S/C15H21NO2/c16-15(14(17)18,13-9-5-2-6-10-13)11-12-7-3-1-4-8-12/h1,3-4,7-8,13H,2,5-6,9-11,16H2,(H,17,18)/t15-/m1/s1. The summed E-state index contributed by atoms with van der Waals surface area (Å²) < 4.78 is 0. The fourth-order valence-electron chi connectivity index (χ4n) is 2.95. The monoisotopic (exact) mass is 247 g/mol. The van der Waals surface area contributed by atoms with Crippen molar-refractivity contribution in [2.75, 3.05) is 0 Å². The third-order valence-corrected chi connectivity index (χ3v) is 4.07. The minimum atomic E-state index is -1.11. The molecule has 1 fully saturated rings. The molecule has 0 radical (unpaired) electrons. The average molecular weight is 247 g/mol. The summed E-state index contributed by atoms with van der Waals surface area (Å²) in [5.41, 5.74) is 6.15. The van der Waals surface area contributed by atoms with Crippen LogP contribution in [0.4, 0.5) is 0 Å². The molecular weight excluding hydrogens is 226 g/mol. The van der Waals surface area contributed by atoms with E-state index in [4.69, 9.17) is 5.73 Å². The van der Waals surface area contributed by atoms with Crippen LogP contribution >= 0.6 is 0 Å². The van der Waals surface area contributed by atoms with Crippen LogP contribution in [0, 0.1) is 5.92 Å². The van der Waals surface area contributed by atoms with Crippen molar-refractivity contribution in [1.29, 1.82) is 0 Å². The van der Waals surface area contributed by atoms with E-state index in [2.05, 4.69) is 0 Å². The van der Waals surface area contributed by atoms with Crippen LogP contribution in [0.5, 0.6) is 0 Å². The van der Waals surface area contributed by atoms with Gasteiger partial charge in [-0.25, -0.2) is 0 Å². The van der Waals surface area contributed by atoms with Crippen molar-refractivity contribution < 1.29 is 9.90 Å². The Balaban J connectivity index is 2.18. The maximum Gasteiger partial charge on any atom is 0.324 e. The molecule has 0 saturated heterocycles. The summed E-state index contributed by atoms with van der Waals surface area (Å²) in [6, 6.07) is 9.70. The smallest absolute Gasteiger partial charge is 0.324 e. The van der Waals surface area contributed by atoms with E-state index >= 15 is 0 Å². The number of hydrogen-bond acceptors (Lipinski definition) is 2. The lowest BCUT2D eigenvalue weighted by molar-refractivity contribution is -0.146. The van der Waals surface area contributed by atoms with E-state index < -0.39 is 11.5 Å². The maximum absolute atomic E-state index is 11.6. The van der Waals surface area contributed by atoms with Gasteiger partial charge in [-0.3, -0.25) is 4.79 Å². The molecule has 3 N–H and O–H groups in total. The van der Waals surface area contributed by atoms with Gasteiger partial charge in [0, 0.05) is 6.42 Å². The molecule has 3 heteroatoms. The van der Waals surface area contributed by atoms with E-state index in [0.29, 0.717) is 6.42 Å². The molecule has 0 amide bonds. The first kappa shape index (κ1) is 13.1. The molecule has 0 bridgehead atoms. The van der Waals surface area contributed by atoms with Gasteiger partial charge in [0.15, 0.2) is 0 Å². The summed E-state index contributed by atoms with van der Waals surface area (Å²) in [5, 5.41) is 9.52. The highest BCUT2D eigenvalue weighted by molar-refractivity contribution is 5.79. The van der Waals surface area contributed by atoms with Gasteiger partial charge in [-0.1, -0.05) is 49.6 Å². The zero-order valence-corrected chi connectivity index (χ0v) is 10.6. The molecule has 0 heterocycles. The van der Waals surface area contributed by atoms with Crippen molar-refractivity contribution in [3.8, 4) is 0 Å². The molecule has 1 aromatic carbocycles. The Labute approximate surface area is 108 Å². The number of carbonyl (C=O) groups is 1. The van der Waals surface area contributed by atoms with Gasteiger partial charge in [0.2, 0.25) is 0 Å². The number of aliphatic carboxylic acids is 1. The second-order valence-electron chi connectivity index (χ2n) is 5.34. The third kappa shape index (κ3) is 2.72. The van der Waals surface area contributed by atoms with E-state index in [-0.39, 0.29) is 5.92 Å². The van der Waals surface area contributed by atoms with Gasteiger partial charge in [-0.2, -0.15) is 0 Å². The Morgan fingerprint density at radius 1 is 1.22 bits per heavy atom. The molecule has 0 aliphatic heterocycles. The van der Waals surface area contributed by atoms with Crippen molar-refractivity contribution in [1.82, 2.24) is 0 Å². The van der Waals surface area contributed by atoms with Crippen molar-refractivity contribution >= 4 is 5.97 Å². The van der Waals surface area contributed by atoms with Crippen LogP contribution in [0.2, 0.25) is 0 Å². The minimum Gasteiger partial charge on any atom is -0.480 e. The summed E-state index contributed by atoms with van der Waals surface area (Å²) in [4.78, 5) is 11.6. The van der Waals surface area contributed by atoms with Crippen molar-refractivity contribution in [3.63, 3.8) is 0 Å². The summed E-state index contributed by atoms with van der Waals surface area (Å²) in [5.74, 6) is -0.762. The van der Waals surface area contributed by atoms with E-state index in [1.807, 2.05) is 30.3 Å². The van der Waals surface area contributed by atoms with E-state index in [1.54, 1.807) is 0 Å². The van der Waals surface area contributed by atoms with Gasteiger partial charge in [-0.05, 0) is 24.3 Å². The first-order valence-corrected chi connectivity index (χ1v) is 6.69. The highest BCUT2D eigenvalue weighted by Gasteiger charge is 2.42. The maximum atomic E-state index is 11.6. The van der Waals surface area contributed by atoms with Crippen LogP contribution in [0.3, 0.4) is 0 Å². The molecule has 1 aliphatic carbocycles. The Morgan fingerprint density at radius 2 is 1.83 bits per heavy atom. The van der Waals surface area contributed by atoms with Crippen LogP contribution in [0.15, 0.2) is 30.3 Å². The lowest BCUT2D eigenvalue weighted by Gasteiger charge is -2.36. The molecule has 1 atom stereocenters. The number of hydrogen-bond donors (Lipinski definition) is 2. The van der Waals surface area contributed by atoms with Gasteiger partial charge >= 0.3 is 5.97 Å². The van der Waals surface area contributed by atoms with Crippen molar-refractivity contribution in [3.05, 3.63) is 35.9 Å². The highest BCUT2D eigenvalue weighted by Crippen LogP contribution is 2.33. The summed E-state index contributed by atoms with van der Waals surface area (Å²) in [7, 11) is 0. The second kappa shape index (κ2) is 5.53. The predicted octanol–water partition coefficient (Wildman–Crippen LogP) is 2.59. The number of carboxylic acid groups (broad SMARTS) is 1. The molecule has 98 valence electrons. The Morgan fingerprint density at radius 3 is 2.39 bits per heavy atom. The first-order valence-electron chi connectivity index (χ1n) is 6.69. The molecule has 3 nitrogen and oxygen atoms in total. The highest BCUT2D eigenvalue weighted by atomic mass is 16.4. The van der Waals surface area contributed by atoms with Gasteiger partial charge in [0.05, 0.1) is 0 Å². The third-order valence-electron chi connectivity index (χ3n) is 4.07. The molecule has 18 heavy (non-hydrogen) atoms. The molecule has 0 aromatic heterocycles. The van der Waals surface area contributed by atoms with Crippen LogP contribution < -0.4 is 5.73 Å². The number of benzene rings is 1. The minimum absolute atomic E-state index is 0.101. The first-order chi connectivity index (χ1) is 8.63. The Bertz CT molecular complexity index is 398. The largest absolute Gasteiger partial charge is 0.480 e. The quantitative estimate of drug-likeness (QED) is 0.859. The zero-order chi connectivity index (χ0) is 13.0. The fourth-order valence-corrected chi connectivity index (χ4v) is 2.95. The van der Waals surface area contributed by atoms with Crippen molar-refractivity contribution in [2.24, 2.45) is 11.7 Å².